The Morgan fingerprint density at radius 2 is 1.83 bits per heavy atom. The molecule has 0 radical (unpaired) electrons. The third kappa shape index (κ3) is 6.21. The quantitative estimate of drug-likeness (QED) is 0.225. The molecule has 0 saturated heterocycles. The minimum absolute atomic E-state index is 0.132. The fourth-order valence-corrected chi connectivity index (χ4v) is 2.66. The molecule has 0 heterocycles. The molecule has 0 unspecified atom stereocenters. The first-order valence-electron chi connectivity index (χ1n) is 9.67. The SMILES string of the molecule is C=CCN(C(=O)OC)c1ccccc1/C=C/c1ccc(/C(C)=N/O[C@H](C)C=C)cc1. The van der Waals surface area contributed by atoms with Crippen molar-refractivity contribution in [1.29, 1.82) is 0 Å². The summed E-state index contributed by atoms with van der Waals surface area (Å²) in [5.74, 6) is 0. The van der Waals surface area contributed by atoms with Crippen LogP contribution in [0.3, 0.4) is 0 Å². The van der Waals surface area contributed by atoms with E-state index in [-0.39, 0.29) is 6.10 Å². The molecule has 0 saturated carbocycles. The van der Waals surface area contributed by atoms with Gasteiger partial charge in [-0.1, -0.05) is 72.4 Å². The Kier molecular flexibility index (Phi) is 8.63. The number of oxime groups is 1. The van der Waals surface area contributed by atoms with Gasteiger partial charge in [0.15, 0.2) is 0 Å². The van der Waals surface area contributed by atoms with Crippen molar-refractivity contribution in [3.63, 3.8) is 0 Å². The Hall–Kier alpha value is -3.60. The lowest BCUT2D eigenvalue weighted by Crippen LogP contribution is -2.31. The number of carbonyl (C=O) groups excluding carboxylic acids is 1. The van der Waals surface area contributed by atoms with Gasteiger partial charge in [0.05, 0.1) is 18.5 Å². The number of rotatable bonds is 9. The van der Waals surface area contributed by atoms with E-state index in [1.165, 1.54) is 7.11 Å². The Morgan fingerprint density at radius 3 is 2.47 bits per heavy atom. The maximum atomic E-state index is 12.1. The van der Waals surface area contributed by atoms with Gasteiger partial charge in [-0.05, 0) is 42.7 Å². The van der Waals surface area contributed by atoms with Gasteiger partial charge in [-0.2, -0.15) is 0 Å². The minimum Gasteiger partial charge on any atom is -0.452 e. The first-order chi connectivity index (χ1) is 14.5. The van der Waals surface area contributed by atoms with E-state index >= 15 is 0 Å². The van der Waals surface area contributed by atoms with Crippen molar-refractivity contribution < 1.29 is 14.4 Å². The van der Waals surface area contributed by atoms with Gasteiger partial charge in [0.25, 0.3) is 0 Å². The lowest BCUT2D eigenvalue weighted by atomic mass is 10.1. The molecule has 0 aliphatic rings. The largest absolute Gasteiger partial charge is 0.452 e. The molecule has 0 fully saturated rings. The third-order valence-electron chi connectivity index (χ3n) is 4.41. The molecule has 156 valence electrons. The average Bonchev–Trinajstić information content (AvgIpc) is 2.79. The number of hydrogen-bond donors (Lipinski definition) is 0. The van der Waals surface area contributed by atoms with E-state index in [9.17, 15) is 4.79 Å². The summed E-state index contributed by atoms with van der Waals surface area (Å²) in [6, 6.07) is 15.6. The number of benzene rings is 2. The topological polar surface area (TPSA) is 51.1 Å². The highest BCUT2D eigenvalue weighted by Crippen LogP contribution is 2.23. The lowest BCUT2D eigenvalue weighted by Gasteiger charge is -2.21. The summed E-state index contributed by atoms with van der Waals surface area (Å²) in [7, 11) is 1.37. The molecule has 2 aromatic rings. The van der Waals surface area contributed by atoms with Crippen LogP contribution in [0.2, 0.25) is 0 Å². The predicted molar refractivity (Wildman–Crippen MR) is 125 cm³/mol. The summed E-state index contributed by atoms with van der Waals surface area (Å²) >= 11 is 0. The highest BCUT2D eigenvalue weighted by molar-refractivity contribution is 5.98. The van der Waals surface area contributed by atoms with E-state index in [1.54, 1.807) is 17.1 Å². The van der Waals surface area contributed by atoms with Crippen LogP contribution in [0.4, 0.5) is 10.5 Å². The molecule has 0 aliphatic carbocycles. The molecule has 2 rings (SSSR count). The number of amides is 1. The molecule has 5 heteroatoms. The molecule has 0 aromatic heterocycles. The zero-order chi connectivity index (χ0) is 21.9. The van der Waals surface area contributed by atoms with Crippen molar-refractivity contribution in [2.24, 2.45) is 5.16 Å². The van der Waals surface area contributed by atoms with Crippen LogP contribution in [-0.4, -0.2) is 31.6 Å². The zero-order valence-corrected chi connectivity index (χ0v) is 17.7. The second kappa shape index (κ2) is 11.4. The molecular formula is C25H28N2O3. The first kappa shape index (κ1) is 22.7. The van der Waals surface area contributed by atoms with Crippen LogP contribution >= 0.6 is 0 Å². The van der Waals surface area contributed by atoms with E-state index in [4.69, 9.17) is 9.57 Å². The van der Waals surface area contributed by atoms with Gasteiger partial charge >= 0.3 is 6.09 Å². The van der Waals surface area contributed by atoms with Gasteiger partial charge in [-0.25, -0.2) is 4.79 Å². The van der Waals surface area contributed by atoms with Crippen LogP contribution in [0.5, 0.6) is 0 Å². The van der Waals surface area contributed by atoms with Gasteiger partial charge in [0.2, 0.25) is 0 Å². The zero-order valence-electron chi connectivity index (χ0n) is 17.7. The average molecular weight is 405 g/mol. The van der Waals surface area contributed by atoms with E-state index in [2.05, 4.69) is 18.3 Å². The molecule has 1 amide bonds. The Morgan fingerprint density at radius 1 is 1.13 bits per heavy atom. The third-order valence-corrected chi connectivity index (χ3v) is 4.41. The number of methoxy groups -OCH3 is 1. The standard InChI is InChI=1S/C25H28N2O3/c1-6-18-27(25(28)29-5)24-11-9-8-10-23(24)17-14-21-12-15-22(16-13-21)20(4)26-30-19(3)7-2/h6-17,19H,1-2,18H2,3-5H3/b17-14+,26-20+/t19-/m1/s1. The van der Waals surface area contributed by atoms with Crippen molar-refractivity contribution in [3.8, 4) is 0 Å². The number of carbonyl (C=O) groups is 1. The fraction of sp³-hybridized carbons (Fsp3) is 0.200. The molecule has 0 bridgehead atoms. The van der Waals surface area contributed by atoms with Crippen LogP contribution in [0.25, 0.3) is 12.2 Å². The van der Waals surface area contributed by atoms with Gasteiger partial charge in [-0.15, -0.1) is 6.58 Å². The second-order valence-electron chi connectivity index (χ2n) is 6.61. The summed E-state index contributed by atoms with van der Waals surface area (Å²) in [5, 5.41) is 4.13. The second-order valence-corrected chi connectivity index (χ2v) is 6.61. The number of hydrogen-bond acceptors (Lipinski definition) is 4. The van der Waals surface area contributed by atoms with Gasteiger partial charge < -0.3 is 9.57 Å². The maximum absolute atomic E-state index is 12.1. The van der Waals surface area contributed by atoms with Crippen LogP contribution in [0.15, 0.2) is 79.0 Å². The van der Waals surface area contributed by atoms with Gasteiger partial charge in [-0.3, -0.25) is 4.90 Å². The minimum atomic E-state index is -0.428. The van der Waals surface area contributed by atoms with Crippen molar-refractivity contribution in [3.05, 3.63) is 90.5 Å². The summed E-state index contributed by atoms with van der Waals surface area (Å²) in [5.41, 5.74) is 4.46. The van der Waals surface area contributed by atoms with Crippen LogP contribution in [-0.2, 0) is 9.57 Å². The Balaban J connectivity index is 2.21. The maximum Gasteiger partial charge on any atom is 0.414 e. The summed E-state index contributed by atoms with van der Waals surface area (Å²) < 4.78 is 4.90. The van der Waals surface area contributed by atoms with Crippen molar-refractivity contribution in [2.45, 2.75) is 20.0 Å². The Labute approximate surface area is 178 Å². The van der Waals surface area contributed by atoms with Gasteiger partial charge in [0, 0.05) is 6.54 Å². The van der Waals surface area contributed by atoms with Crippen molar-refractivity contribution >= 4 is 29.6 Å². The highest BCUT2D eigenvalue weighted by atomic mass is 16.6. The predicted octanol–water partition coefficient (Wildman–Crippen LogP) is 5.93. The molecule has 2 aromatic carbocycles. The highest BCUT2D eigenvalue weighted by Gasteiger charge is 2.16. The smallest absolute Gasteiger partial charge is 0.414 e. The van der Waals surface area contributed by atoms with Gasteiger partial charge in [0.1, 0.15) is 6.10 Å². The summed E-state index contributed by atoms with van der Waals surface area (Å²) in [6.07, 6.45) is 6.77. The van der Waals surface area contributed by atoms with Crippen LogP contribution < -0.4 is 4.90 Å². The van der Waals surface area contributed by atoms with E-state index in [1.807, 2.05) is 74.5 Å². The molecule has 0 spiro atoms. The van der Waals surface area contributed by atoms with Crippen LogP contribution in [0, 0.1) is 0 Å². The van der Waals surface area contributed by atoms with Crippen LogP contribution in [0.1, 0.15) is 30.5 Å². The van der Waals surface area contributed by atoms with E-state index in [0.717, 1.165) is 28.1 Å². The lowest BCUT2D eigenvalue weighted by molar-refractivity contribution is 0.106. The molecular weight excluding hydrogens is 376 g/mol. The molecule has 1 atom stereocenters. The van der Waals surface area contributed by atoms with Crippen molar-refractivity contribution in [2.75, 3.05) is 18.6 Å². The number of ether oxygens (including phenoxy) is 1. The summed E-state index contributed by atoms with van der Waals surface area (Å²) in [6.45, 7) is 11.5. The fourth-order valence-electron chi connectivity index (χ4n) is 2.66. The molecule has 5 nitrogen and oxygen atoms in total. The van der Waals surface area contributed by atoms with E-state index in [0.29, 0.717) is 6.54 Å². The number of nitrogens with zero attached hydrogens (tertiary/aromatic N) is 2. The molecule has 0 N–H and O–H groups in total. The molecule has 0 aliphatic heterocycles. The molecule has 30 heavy (non-hydrogen) atoms. The first-order valence-corrected chi connectivity index (χ1v) is 9.67. The number of para-hydroxylation sites is 1. The Bertz CT molecular complexity index is 930. The summed E-state index contributed by atoms with van der Waals surface area (Å²) in [4.78, 5) is 19.0. The monoisotopic (exact) mass is 404 g/mol. The normalized spacial score (nSPS) is 12.3. The number of anilines is 1. The van der Waals surface area contributed by atoms with Crippen molar-refractivity contribution in [1.82, 2.24) is 0 Å². The van der Waals surface area contributed by atoms with E-state index < -0.39 is 6.09 Å².